The molecule has 1 aliphatic heterocycles. The first-order chi connectivity index (χ1) is 12.7. The summed E-state index contributed by atoms with van der Waals surface area (Å²) in [6.45, 7) is 3.13. The molecule has 0 spiro atoms. The van der Waals surface area contributed by atoms with Gasteiger partial charge in [-0.15, -0.1) is 15.3 Å². The number of hydrogen-bond donors (Lipinski definition) is 1. The summed E-state index contributed by atoms with van der Waals surface area (Å²) >= 11 is 0. The Balaban J connectivity index is 1.53. The van der Waals surface area contributed by atoms with E-state index in [4.69, 9.17) is 0 Å². The van der Waals surface area contributed by atoms with Crippen molar-refractivity contribution in [2.24, 2.45) is 0 Å². The second-order valence-electron chi connectivity index (χ2n) is 7.53. The highest BCUT2D eigenvalue weighted by molar-refractivity contribution is 5.44. The third-order valence-corrected chi connectivity index (χ3v) is 5.89. The topological polar surface area (TPSA) is 58.4 Å². The molecule has 0 bridgehead atoms. The van der Waals surface area contributed by atoms with Crippen molar-refractivity contribution in [1.82, 2.24) is 24.7 Å². The number of anilines is 1. The van der Waals surface area contributed by atoms with Crippen LogP contribution in [0.2, 0.25) is 0 Å². The monoisotopic (exact) mass is 364 g/mol. The van der Waals surface area contributed by atoms with Crippen molar-refractivity contribution in [1.29, 1.82) is 0 Å². The number of rotatable bonds is 5. The first kappa shape index (κ1) is 17.6. The highest BCUT2D eigenvalue weighted by Crippen LogP contribution is 2.35. The second kappa shape index (κ2) is 7.42. The van der Waals surface area contributed by atoms with Gasteiger partial charge in [0.1, 0.15) is 5.82 Å². The summed E-state index contributed by atoms with van der Waals surface area (Å²) in [5.41, 5.74) is 0.503. The summed E-state index contributed by atoms with van der Waals surface area (Å²) in [5, 5.41) is 15.0. The Morgan fingerprint density at radius 1 is 1.00 bits per heavy atom. The second-order valence-corrected chi connectivity index (χ2v) is 7.53. The Bertz CT molecular complexity index is 734. The van der Waals surface area contributed by atoms with E-state index >= 15 is 0 Å². The van der Waals surface area contributed by atoms with Crippen LogP contribution in [0.1, 0.15) is 63.6 Å². The van der Waals surface area contributed by atoms with Crippen LogP contribution in [-0.2, 0) is 0 Å². The average Bonchev–Trinajstić information content (AvgIpc) is 3.11. The molecule has 142 valence electrons. The van der Waals surface area contributed by atoms with Crippen molar-refractivity contribution in [3.8, 4) is 0 Å². The van der Waals surface area contributed by atoms with Crippen LogP contribution in [0.4, 0.5) is 14.6 Å². The zero-order chi connectivity index (χ0) is 18.0. The van der Waals surface area contributed by atoms with Crippen LogP contribution >= 0.6 is 0 Å². The van der Waals surface area contributed by atoms with Crippen LogP contribution in [0, 0.1) is 0 Å². The van der Waals surface area contributed by atoms with Crippen LogP contribution in [0.5, 0.6) is 0 Å². The van der Waals surface area contributed by atoms with Crippen molar-refractivity contribution < 1.29 is 8.78 Å². The number of likely N-dealkylation sites (tertiary alicyclic amines) is 1. The Kier molecular flexibility index (Phi) is 5.02. The summed E-state index contributed by atoms with van der Waals surface area (Å²) < 4.78 is 27.2. The van der Waals surface area contributed by atoms with Gasteiger partial charge in [0.05, 0.1) is 0 Å². The minimum Gasteiger partial charge on any atom is -0.367 e. The van der Waals surface area contributed by atoms with Crippen molar-refractivity contribution in [3.05, 3.63) is 18.0 Å². The molecule has 2 aliphatic rings. The molecule has 3 heterocycles. The van der Waals surface area contributed by atoms with Gasteiger partial charge in [0.15, 0.2) is 5.65 Å². The lowest BCUT2D eigenvalue weighted by Gasteiger charge is -2.48. The van der Waals surface area contributed by atoms with Crippen molar-refractivity contribution in [2.45, 2.75) is 63.3 Å². The van der Waals surface area contributed by atoms with Gasteiger partial charge < -0.3 is 5.32 Å². The smallest absolute Gasteiger partial charge is 0.299 e. The maximum absolute atomic E-state index is 13.1. The summed E-state index contributed by atoms with van der Waals surface area (Å²) in [4.78, 5) is 2.66. The van der Waals surface area contributed by atoms with Crippen molar-refractivity contribution >= 4 is 11.5 Å². The summed E-state index contributed by atoms with van der Waals surface area (Å²) in [5.74, 6) is 0.188. The zero-order valence-electron chi connectivity index (χ0n) is 15.0. The highest BCUT2D eigenvalue weighted by atomic mass is 19.3. The normalized spacial score (nSPS) is 21.3. The molecule has 4 rings (SSSR count). The number of nitrogens with zero attached hydrogens (tertiary/aromatic N) is 5. The lowest BCUT2D eigenvalue weighted by molar-refractivity contribution is 0.0436. The van der Waals surface area contributed by atoms with E-state index in [0.717, 1.165) is 24.1 Å². The lowest BCUT2D eigenvalue weighted by Crippen LogP contribution is -2.56. The molecule has 2 aromatic rings. The fourth-order valence-corrected chi connectivity index (χ4v) is 4.47. The number of piperidine rings is 1. The Morgan fingerprint density at radius 2 is 1.73 bits per heavy atom. The molecular formula is C18H26F2N6. The van der Waals surface area contributed by atoms with E-state index in [1.807, 2.05) is 0 Å². The largest absolute Gasteiger partial charge is 0.367 e. The first-order valence-corrected chi connectivity index (χ1v) is 9.67. The Hall–Kier alpha value is -1.83. The van der Waals surface area contributed by atoms with Crippen LogP contribution in [0.25, 0.3) is 5.65 Å². The van der Waals surface area contributed by atoms with E-state index in [1.54, 1.807) is 12.1 Å². The quantitative estimate of drug-likeness (QED) is 0.877. The van der Waals surface area contributed by atoms with E-state index in [1.165, 1.54) is 51.4 Å². The molecule has 1 aliphatic carbocycles. The van der Waals surface area contributed by atoms with E-state index in [0.29, 0.717) is 11.5 Å². The summed E-state index contributed by atoms with van der Waals surface area (Å²) in [6, 6.07) is 3.48. The third kappa shape index (κ3) is 3.39. The molecule has 1 saturated carbocycles. The zero-order valence-corrected chi connectivity index (χ0v) is 15.0. The fourth-order valence-electron chi connectivity index (χ4n) is 4.47. The van der Waals surface area contributed by atoms with Gasteiger partial charge in [-0.1, -0.05) is 25.7 Å². The van der Waals surface area contributed by atoms with Crippen LogP contribution in [-0.4, -0.2) is 49.9 Å². The van der Waals surface area contributed by atoms with Gasteiger partial charge in [0.2, 0.25) is 5.82 Å². The molecule has 0 unspecified atom stereocenters. The van der Waals surface area contributed by atoms with Gasteiger partial charge in [-0.3, -0.25) is 4.90 Å². The van der Waals surface area contributed by atoms with E-state index in [-0.39, 0.29) is 5.54 Å². The minimum absolute atomic E-state index is 0.161. The predicted octanol–water partition coefficient (Wildman–Crippen LogP) is 3.66. The predicted molar refractivity (Wildman–Crippen MR) is 95.5 cm³/mol. The minimum atomic E-state index is -2.69. The number of fused-ring (bicyclic) bond motifs is 1. The van der Waals surface area contributed by atoms with Crippen LogP contribution in [0.3, 0.4) is 0 Å². The summed E-state index contributed by atoms with van der Waals surface area (Å²) in [7, 11) is 0. The molecule has 2 fully saturated rings. The Morgan fingerprint density at radius 3 is 2.46 bits per heavy atom. The van der Waals surface area contributed by atoms with Crippen molar-refractivity contribution in [3.63, 3.8) is 0 Å². The number of halogens is 2. The van der Waals surface area contributed by atoms with Crippen LogP contribution in [0.15, 0.2) is 12.1 Å². The Labute approximate surface area is 152 Å². The molecule has 1 N–H and O–H groups in total. The van der Waals surface area contributed by atoms with Gasteiger partial charge in [-0.05, 0) is 50.9 Å². The first-order valence-electron chi connectivity index (χ1n) is 9.67. The maximum atomic E-state index is 13.1. The standard InChI is InChI=1S/C18H26F2N6/c19-16(20)17-23-22-15-8-7-14(24-26(15)17)21-13-18(9-3-1-4-10-18)25-11-5-2-6-12-25/h7-8,16H,1-6,9-13H2,(H,21,24). The van der Waals surface area contributed by atoms with Crippen LogP contribution < -0.4 is 5.32 Å². The van der Waals surface area contributed by atoms with E-state index < -0.39 is 12.2 Å². The molecule has 6 nitrogen and oxygen atoms in total. The van der Waals surface area contributed by atoms with Crippen molar-refractivity contribution in [2.75, 3.05) is 25.0 Å². The molecule has 1 saturated heterocycles. The molecule has 0 amide bonds. The van der Waals surface area contributed by atoms with E-state index in [9.17, 15) is 8.78 Å². The average molecular weight is 364 g/mol. The number of alkyl halides is 2. The SMILES string of the molecule is FC(F)c1nnc2ccc(NCC3(N4CCCCC4)CCCCC3)nn12. The van der Waals surface area contributed by atoms with Gasteiger partial charge >= 0.3 is 0 Å². The maximum Gasteiger partial charge on any atom is 0.299 e. The van der Waals surface area contributed by atoms with E-state index in [2.05, 4.69) is 25.5 Å². The third-order valence-electron chi connectivity index (χ3n) is 5.89. The molecule has 8 heteroatoms. The molecule has 0 atom stereocenters. The van der Waals surface area contributed by atoms with Gasteiger partial charge in [-0.25, -0.2) is 8.78 Å². The van der Waals surface area contributed by atoms with Gasteiger partial charge in [-0.2, -0.15) is 4.52 Å². The van der Waals surface area contributed by atoms with Gasteiger partial charge in [0.25, 0.3) is 6.43 Å². The number of nitrogens with one attached hydrogen (secondary N) is 1. The summed E-state index contributed by atoms with van der Waals surface area (Å²) in [6.07, 6.45) is 7.37. The molecule has 0 aromatic carbocycles. The highest BCUT2D eigenvalue weighted by Gasteiger charge is 2.38. The number of hydrogen-bond acceptors (Lipinski definition) is 5. The molecule has 0 radical (unpaired) electrons. The molecular weight excluding hydrogens is 338 g/mol. The van der Waals surface area contributed by atoms with Gasteiger partial charge in [0, 0.05) is 12.1 Å². The molecule has 2 aromatic heterocycles. The molecule has 26 heavy (non-hydrogen) atoms. The number of aromatic nitrogens is 4. The lowest BCUT2D eigenvalue weighted by atomic mass is 9.79. The fraction of sp³-hybridized carbons (Fsp3) is 0.722.